The van der Waals surface area contributed by atoms with Crippen molar-refractivity contribution in [3.63, 3.8) is 0 Å². The van der Waals surface area contributed by atoms with Crippen molar-refractivity contribution in [2.75, 3.05) is 0 Å². The van der Waals surface area contributed by atoms with Gasteiger partial charge in [-0.2, -0.15) is 13.2 Å². The van der Waals surface area contributed by atoms with E-state index in [0.717, 1.165) is 0 Å². The lowest BCUT2D eigenvalue weighted by Crippen LogP contribution is -2.13. The van der Waals surface area contributed by atoms with E-state index in [0.29, 0.717) is 5.56 Å². The van der Waals surface area contributed by atoms with Crippen molar-refractivity contribution in [1.82, 2.24) is 0 Å². The molecule has 0 spiro atoms. The normalized spacial score (nSPS) is 13.4. The first-order chi connectivity index (χ1) is 7.90. The topological polar surface area (TPSA) is 37.3 Å². The minimum Gasteiger partial charge on any atom is -0.481 e. The van der Waals surface area contributed by atoms with E-state index in [9.17, 15) is 18.0 Å². The summed E-state index contributed by atoms with van der Waals surface area (Å²) < 4.78 is 35.9. The molecule has 0 bridgehead atoms. The van der Waals surface area contributed by atoms with Crippen molar-refractivity contribution in [2.45, 2.75) is 31.4 Å². The molecule has 1 unspecified atom stereocenters. The summed E-state index contributed by atoms with van der Waals surface area (Å²) in [5.41, 5.74) is 0.544. The van der Waals surface area contributed by atoms with Crippen LogP contribution in [-0.4, -0.2) is 17.3 Å². The minimum absolute atomic E-state index is 0.00113. The van der Waals surface area contributed by atoms with Crippen molar-refractivity contribution in [1.29, 1.82) is 0 Å². The molecule has 0 aliphatic carbocycles. The van der Waals surface area contributed by atoms with Crippen molar-refractivity contribution in [2.24, 2.45) is 0 Å². The second-order valence-corrected chi connectivity index (χ2v) is 3.81. The smallest absolute Gasteiger partial charge is 0.389 e. The Morgan fingerprint density at radius 1 is 1.24 bits per heavy atom. The number of rotatable bonds is 5. The molecule has 0 saturated heterocycles. The van der Waals surface area contributed by atoms with Crippen LogP contribution in [0.1, 0.15) is 30.7 Å². The number of aliphatic carboxylic acids is 1. The Morgan fingerprint density at radius 3 is 2.29 bits per heavy atom. The predicted molar refractivity (Wildman–Crippen MR) is 56.7 cm³/mol. The molecule has 0 fully saturated rings. The molecule has 0 aliphatic rings. The van der Waals surface area contributed by atoms with Gasteiger partial charge in [-0.25, -0.2) is 0 Å². The Bertz CT molecular complexity index is 360. The first-order valence-electron chi connectivity index (χ1n) is 5.24. The van der Waals surface area contributed by atoms with E-state index < -0.39 is 24.5 Å². The zero-order valence-electron chi connectivity index (χ0n) is 9.07. The lowest BCUT2D eigenvalue weighted by molar-refractivity contribution is -0.142. The summed E-state index contributed by atoms with van der Waals surface area (Å²) >= 11 is 0. The Morgan fingerprint density at radius 2 is 1.82 bits per heavy atom. The Labute approximate surface area is 97.1 Å². The molecular formula is C12H13F3O2. The molecule has 0 heterocycles. The van der Waals surface area contributed by atoms with Crippen molar-refractivity contribution in [3.8, 4) is 0 Å². The van der Waals surface area contributed by atoms with Crippen LogP contribution < -0.4 is 0 Å². The van der Waals surface area contributed by atoms with Gasteiger partial charge in [-0.15, -0.1) is 0 Å². The molecule has 1 aromatic carbocycles. The second kappa shape index (κ2) is 5.70. The van der Waals surface area contributed by atoms with Crippen LogP contribution in [0.25, 0.3) is 0 Å². The third-order valence-electron chi connectivity index (χ3n) is 2.45. The fraction of sp³-hybridized carbons (Fsp3) is 0.417. The van der Waals surface area contributed by atoms with Gasteiger partial charge >= 0.3 is 12.1 Å². The molecule has 17 heavy (non-hydrogen) atoms. The zero-order valence-corrected chi connectivity index (χ0v) is 9.07. The standard InChI is InChI=1S/C12H13F3O2/c13-12(14,15)8-4-7-10(11(16)17)9-5-2-1-3-6-9/h1-3,5-6,10H,4,7-8H2,(H,16,17). The highest BCUT2D eigenvalue weighted by atomic mass is 19.4. The largest absolute Gasteiger partial charge is 0.481 e. The summed E-state index contributed by atoms with van der Waals surface area (Å²) in [6.45, 7) is 0. The molecular weight excluding hydrogens is 233 g/mol. The van der Waals surface area contributed by atoms with Crippen molar-refractivity contribution >= 4 is 5.97 Å². The molecule has 94 valence electrons. The number of alkyl halides is 3. The second-order valence-electron chi connectivity index (χ2n) is 3.81. The fourth-order valence-corrected chi connectivity index (χ4v) is 1.62. The quantitative estimate of drug-likeness (QED) is 0.862. The molecule has 1 atom stereocenters. The van der Waals surface area contributed by atoms with E-state index in [4.69, 9.17) is 5.11 Å². The van der Waals surface area contributed by atoms with Crippen molar-refractivity contribution in [3.05, 3.63) is 35.9 Å². The third-order valence-corrected chi connectivity index (χ3v) is 2.45. The molecule has 0 amide bonds. The highest BCUT2D eigenvalue weighted by Crippen LogP contribution is 2.27. The summed E-state index contributed by atoms with van der Waals surface area (Å²) in [4.78, 5) is 11.0. The number of carboxylic acid groups (broad SMARTS) is 1. The molecule has 2 nitrogen and oxygen atoms in total. The molecule has 0 aromatic heterocycles. The van der Waals surface area contributed by atoms with E-state index in [1.165, 1.54) is 0 Å². The first-order valence-corrected chi connectivity index (χ1v) is 5.24. The molecule has 1 aromatic rings. The number of carbonyl (C=O) groups is 1. The first kappa shape index (κ1) is 13.5. The summed E-state index contributed by atoms with van der Waals surface area (Å²) in [6.07, 6.45) is -5.34. The monoisotopic (exact) mass is 246 g/mol. The van der Waals surface area contributed by atoms with Crippen LogP contribution in [0.2, 0.25) is 0 Å². The number of hydrogen-bond acceptors (Lipinski definition) is 1. The summed E-state index contributed by atoms with van der Waals surface area (Å²) in [6, 6.07) is 8.32. The molecule has 1 rings (SSSR count). The van der Waals surface area contributed by atoms with Gasteiger partial charge < -0.3 is 5.11 Å². The zero-order chi connectivity index (χ0) is 12.9. The van der Waals surface area contributed by atoms with Crippen LogP contribution in [0.15, 0.2) is 30.3 Å². The maximum atomic E-state index is 12.0. The van der Waals surface area contributed by atoms with E-state index >= 15 is 0 Å². The Kier molecular flexibility index (Phi) is 4.54. The van der Waals surface area contributed by atoms with Gasteiger partial charge in [0.15, 0.2) is 0 Å². The lowest BCUT2D eigenvalue weighted by Gasteiger charge is -2.13. The average molecular weight is 246 g/mol. The number of carboxylic acids is 1. The lowest BCUT2D eigenvalue weighted by atomic mass is 9.94. The SMILES string of the molecule is O=C(O)C(CCCC(F)(F)F)c1ccccc1. The number of halogens is 3. The van der Waals surface area contributed by atoms with Crippen LogP contribution >= 0.6 is 0 Å². The van der Waals surface area contributed by atoms with Gasteiger partial charge in [0, 0.05) is 6.42 Å². The van der Waals surface area contributed by atoms with E-state index in [1.54, 1.807) is 30.3 Å². The van der Waals surface area contributed by atoms with Crippen molar-refractivity contribution < 1.29 is 23.1 Å². The number of hydrogen-bond donors (Lipinski definition) is 1. The molecule has 1 N–H and O–H groups in total. The van der Waals surface area contributed by atoms with E-state index in [-0.39, 0.29) is 12.8 Å². The Hall–Kier alpha value is -1.52. The highest BCUT2D eigenvalue weighted by Gasteiger charge is 2.28. The average Bonchev–Trinajstić information content (AvgIpc) is 2.23. The predicted octanol–water partition coefficient (Wildman–Crippen LogP) is 3.59. The fourth-order valence-electron chi connectivity index (χ4n) is 1.62. The van der Waals surface area contributed by atoms with Gasteiger partial charge in [0.2, 0.25) is 0 Å². The van der Waals surface area contributed by atoms with Crippen LogP contribution in [0, 0.1) is 0 Å². The van der Waals surface area contributed by atoms with Crippen LogP contribution in [0.5, 0.6) is 0 Å². The summed E-state index contributed by atoms with van der Waals surface area (Å²) in [5, 5.41) is 8.97. The van der Waals surface area contributed by atoms with Crippen LogP contribution in [0.4, 0.5) is 13.2 Å². The van der Waals surface area contributed by atoms with Gasteiger partial charge in [-0.3, -0.25) is 4.79 Å². The Balaban J connectivity index is 2.60. The minimum atomic E-state index is -4.22. The highest BCUT2D eigenvalue weighted by molar-refractivity contribution is 5.75. The van der Waals surface area contributed by atoms with E-state index in [2.05, 4.69) is 0 Å². The number of benzene rings is 1. The van der Waals surface area contributed by atoms with Gasteiger partial charge in [0.1, 0.15) is 0 Å². The third kappa shape index (κ3) is 4.89. The van der Waals surface area contributed by atoms with Gasteiger partial charge in [0.05, 0.1) is 5.92 Å². The summed E-state index contributed by atoms with van der Waals surface area (Å²) in [5.74, 6) is -1.95. The van der Waals surface area contributed by atoms with Crippen LogP contribution in [0.3, 0.4) is 0 Å². The molecule has 0 radical (unpaired) electrons. The van der Waals surface area contributed by atoms with Gasteiger partial charge in [-0.05, 0) is 18.4 Å². The van der Waals surface area contributed by atoms with Crippen LogP contribution in [-0.2, 0) is 4.79 Å². The maximum absolute atomic E-state index is 12.0. The summed E-state index contributed by atoms with van der Waals surface area (Å²) in [7, 11) is 0. The van der Waals surface area contributed by atoms with Gasteiger partial charge in [0.25, 0.3) is 0 Å². The van der Waals surface area contributed by atoms with Gasteiger partial charge in [-0.1, -0.05) is 30.3 Å². The molecule has 0 aliphatic heterocycles. The van der Waals surface area contributed by atoms with E-state index in [1.807, 2.05) is 0 Å². The molecule has 5 heteroatoms. The molecule has 0 saturated carbocycles. The maximum Gasteiger partial charge on any atom is 0.389 e.